The van der Waals surface area contributed by atoms with E-state index < -0.39 is 0 Å². The summed E-state index contributed by atoms with van der Waals surface area (Å²) < 4.78 is 0.905. The maximum atomic E-state index is 12.1. The summed E-state index contributed by atoms with van der Waals surface area (Å²) in [4.78, 5) is 28.0. The number of thiazole rings is 1. The molecule has 0 radical (unpaired) electrons. The summed E-state index contributed by atoms with van der Waals surface area (Å²) in [6.07, 6.45) is 0.430. The maximum Gasteiger partial charge on any atom is 0.257 e. The Labute approximate surface area is 137 Å². The van der Waals surface area contributed by atoms with Gasteiger partial charge >= 0.3 is 0 Å². The molecule has 116 valence electrons. The van der Waals surface area contributed by atoms with E-state index >= 15 is 0 Å². The second-order valence-corrected chi connectivity index (χ2v) is 5.95. The lowest BCUT2D eigenvalue weighted by Crippen LogP contribution is -2.11. The third kappa shape index (κ3) is 3.54. The van der Waals surface area contributed by atoms with Crippen LogP contribution >= 0.6 is 11.3 Å². The summed E-state index contributed by atoms with van der Waals surface area (Å²) in [6, 6.07) is 14.5. The highest BCUT2D eigenvalue weighted by Crippen LogP contribution is 2.28. The van der Waals surface area contributed by atoms with E-state index in [2.05, 4.69) is 15.6 Å². The quantitative estimate of drug-likeness (QED) is 0.764. The molecule has 3 rings (SSSR count). The topological polar surface area (TPSA) is 71.1 Å². The lowest BCUT2D eigenvalue weighted by molar-refractivity contribution is -0.115. The Morgan fingerprint density at radius 2 is 1.87 bits per heavy atom. The Kier molecular flexibility index (Phi) is 4.34. The molecular formula is C17H15N3O2S. The monoisotopic (exact) mass is 325 g/mol. The van der Waals surface area contributed by atoms with Crippen LogP contribution in [0.4, 0.5) is 10.8 Å². The van der Waals surface area contributed by atoms with E-state index in [1.165, 1.54) is 11.3 Å². The molecule has 0 bridgehead atoms. The van der Waals surface area contributed by atoms with Crippen LogP contribution in [0.15, 0.2) is 48.5 Å². The minimum atomic E-state index is -0.191. The number of nitrogens with one attached hydrogen (secondary N) is 2. The predicted octanol–water partition coefficient (Wildman–Crippen LogP) is 3.90. The number of amides is 2. The predicted molar refractivity (Wildman–Crippen MR) is 92.9 cm³/mol. The van der Waals surface area contributed by atoms with Crippen LogP contribution < -0.4 is 10.6 Å². The van der Waals surface area contributed by atoms with Crippen LogP contribution in [-0.4, -0.2) is 16.8 Å². The van der Waals surface area contributed by atoms with Gasteiger partial charge in [-0.2, -0.15) is 0 Å². The van der Waals surface area contributed by atoms with E-state index in [-0.39, 0.29) is 11.8 Å². The molecule has 0 aliphatic rings. The summed E-state index contributed by atoms with van der Waals surface area (Å²) in [5.41, 5.74) is 2.10. The van der Waals surface area contributed by atoms with Crippen molar-refractivity contribution < 1.29 is 9.59 Å². The maximum absolute atomic E-state index is 12.1. The van der Waals surface area contributed by atoms with E-state index in [0.29, 0.717) is 17.1 Å². The molecule has 1 aromatic heterocycles. The lowest BCUT2D eigenvalue weighted by atomic mass is 10.2. The first-order valence-electron chi connectivity index (χ1n) is 7.22. The van der Waals surface area contributed by atoms with Gasteiger partial charge in [-0.25, -0.2) is 4.98 Å². The molecule has 5 nitrogen and oxygen atoms in total. The molecule has 0 unspecified atom stereocenters. The number of hydrogen-bond acceptors (Lipinski definition) is 4. The van der Waals surface area contributed by atoms with Crippen LogP contribution in [0.5, 0.6) is 0 Å². The lowest BCUT2D eigenvalue weighted by Gasteiger charge is -2.02. The second-order valence-electron chi connectivity index (χ2n) is 4.92. The fourth-order valence-corrected chi connectivity index (χ4v) is 2.96. The first-order valence-corrected chi connectivity index (χ1v) is 8.04. The molecule has 0 saturated heterocycles. The number of aromatic nitrogens is 1. The Morgan fingerprint density at radius 3 is 2.61 bits per heavy atom. The SMILES string of the molecule is CCC(=O)Nc1ccc2nc(NC(=O)c3ccccc3)sc2c1. The van der Waals surface area contributed by atoms with Gasteiger partial charge in [0.05, 0.1) is 10.2 Å². The molecule has 23 heavy (non-hydrogen) atoms. The van der Waals surface area contributed by atoms with Gasteiger partial charge in [0.15, 0.2) is 5.13 Å². The van der Waals surface area contributed by atoms with Crippen molar-refractivity contribution in [3.63, 3.8) is 0 Å². The molecule has 6 heteroatoms. The van der Waals surface area contributed by atoms with Crippen LogP contribution in [0.2, 0.25) is 0 Å². The number of hydrogen-bond donors (Lipinski definition) is 2. The summed E-state index contributed by atoms with van der Waals surface area (Å²) in [5.74, 6) is -0.226. The first kappa shape index (κ1) is 15.2. The standard InChI is InChI=1S/C17H15N3O2S/c1-2-15(21)18-12-8-9-13-14(10-12)23-17(19-13)20-16(22)11-6-4-3-5-7-11/h3-10H,2H2,1H3,(H,18,21)(H,19,20,22). The molecule has 0 atom stereocenters. The van der Waals surface area contributed by atoms with Gasteiger partial charge in [-0.3, -0.25) is 14.9 Å². The molecule has 0 fully saturated rings. The molecule has 0 aliphatic heterocycles. The molecule has 1 heterocycles. The zero-order valence-corrected chi connectivity index (χ0v) is 13.3. The molecule has 0 aliphatic carbocycles. The average molecular weight is 325 g/mol. The van der Waals surface area contributed by atoms with Gasteiger partial charge < -0.3 is 5.32 Å². The van der Waals surface area contributed by atoms with Crippen molar-refractivity contribution in [2.24, 2.45) is 0 Å². The fraction of sp³-hybridized carbons (Fsp3) is 0.118. The number of fused-ring (bicyclic) bond motifs is 1. The summed E-state index contributed by atoms with van der Waals surface area (Å²) in [7, 11) is 0. The third-order valence-electron chi connectivity index (χ3n) is 3.25. The highest BCUT2D eigenvalue weighted by Gasteiger charge is 2.10. The minimum absolute atomic E-state index is 0.0357. The molecule has 0 saturated carbocycles. The van der Waals surface area contributed by atoms with E-state index in [1.807, 2.05) is 30.3 Å². The number of anilines is 2. The molecule has 3 aromatic rings. The number of benzene rings is 2. The first-order chi connectivity index (χ1) is 11.2. The van der Waals surface area contributed by atoms with Crippen molar-refractivity contribution in [2.45, 2.75) is 13.3 Å². The van der Waals surface area contributed by atoms with E-state index in [9.17, 15) is 9.59 Å². The van der Waals surface area contributed by atoms with Gasteiger partial charge in [0.2, 0.25) is 5.91 Å². The molecular weight excluding hydrogens is 310 g/mol. The van der Waals surface area contributed by atoms with Gasteiger partial charge in [-0.1, -0.05) is 36.5 Å². The number of carbonyl (C=O) groups is 2. The molecule has 0 spiro atoms. The largest absolute Gasteiger partial charge is 0.326 e. The van der Waals surface area contributed by atoms with Gasteiger partial charge in [0.25, 0.3) is 5.91 Å². The minimum Gasteiger partial charge on any atom is -0.326 e. The highest BCUT2D eigenvalue weighted by atomic mass is 32.1. The van der Waals surface area contributed by atoms with Crippen LogP contribution in [0, 0.1) is 0 Å². The van der Waals surface area contributed by atoms with Gasteiger partial charge in [-0.15, -0.1) is 0 Å². The zero-order valence-electron chi connectivity index (χ0n) is 12.5. The average Bonchev–Trinajstić information content (AvgIpc) is 2.97. The second kappa shape index (κ2) is 6.58. The van der Waals surface area contributed by atoms with Gasteiger partial charge in [0.1, 0.15) is 0 Å². The van der Waals surface area contributed by atoms with Gasteiger partial charge in [0, 0.05) is 17.7 Å². The van der Waals surface area contributed by atoms with Crippen LogP contribution in [0.3, 0.4) is 0 Å². The summed E-state index contributed by atoms with van der Waals surface area (Å²) >= 11 is 1.37. The zero-order chi connectivity index (χ0) is 16.2. The van der Waals surface area contributed by atoms with Crippen LogP contribution in [-0.2, 0) is 4.79 Å². The Bertz CT molecular complexity index is 859. The number of carbonyl (C=O) groups excluding carboxylic acids is 2. The van der Waals surface area contributed by atoms with Crippen molar-refractivity contribution in [1.82, 2.24) is 4.98 Å². The molecule has 2 N–H and O–H groups in total. The van der Waals surface area contributed by atoms with Crippen molar-refractivity contribution in [3.8, 4) is 0 Å². The van der Waals surface area contributed by atoms with Crippen molar-refractivity contribution in [3.05, 3.63) is 54.1 Å². The van der Waals surface area contributed by atoms with Crippen LogP contribution in [0.1, 0.15) is 23.7 Å². The number of rotatable bonds is 4. The van der Waals surface area contributed by atoms with Crippen molar-refractivity contribution in [1.29, 1.82) is 0 Å². The van der Waals surface area contributed by atoms with E-state index in [4.69, 9.17) is 0 Å². The Hall–Kier alpha value is -2.73. The summed E-state index contributed by atoms with van der Waals surface area (Å²) in [6.45, 7) is 1.80. The Balaban J connectivity index is 1.80. The third-order valence-corrected chi connectivity index (χ3v) is 4.18. The van der Waals surface area contributed by atoms with Gasteiger partial charge in [-0.05, 0) is 30.3 Å². The highest BCUT2D eigenvalue weighted by molar-refractivity contribution is 7.22. The molecule has 2 amide bonds. The smallest absolute Gasteiger partial charge is 0.257 e. The van der Waals surface area contributed by atoms with Crippen molar-refractivity contribution in [2.75, 3.05) is 10.6 Å². The Morgan fingerprint density at radius 1 is 1.09 bits per heavy atom. The molecule has 2 aromatic carbocycles. The normalized spacial score (nSPS) is 10.5. The number of nitrogens with zero attached hydrogens (tertiary/aromatic N) is 1. The van der Waals surface area contributed by atoms with E-state index in [0.717, 1.165) is 15.9 Å². The van der Waals surface area contributed by atoms with Crippen LogP contribution in [0.25, 0.3) is 10.2 Å². The van der Waals surface area contributed by atoms with E-state index in [1.54, 1.807) is 25.1 Å². The fourth-order valence-electron chi connectivity index (χ4n) is 2.06. The summed E-state index contributed by atoms with van der Waals surface area (Å²) in [5, 5.41) is 6.15. The van der Waals surface area contributed by atoms with Crippen molar-refractivity contribution >= 4 is 44.2 Å².